The lowest BCUT2D eigenvalue weighted by Crippen LogP contribution is -2.34. The van der Waals surface area contributed by atoms with Gasteiger partial charge in [-0.05, 0) is 37.7 Å². The quantitative estimate of drug-likeness (QED) is 0.887. The number of nitrogens with one attached hydrogen (secondary N) is 1. The molecule has 1 heterocycles. The Kier molecular flexibility index (Phi) is 4.60. The second kappa shape index (κ2) is 6.67. The molecule has 3 atom stereocenters. The Balaban J connectivity index is 1.64. The van der Waals surface area contributed by atoms with Gasteiger partial charge in [0.25, 0.3) is 5.91 Å². The molecule has 2 aromatic rings. The van der Waals surface area contributed by atoms with Crippen LogP contribution in [0.3, 0.4) is 0 Å². The second-order valence-corrected chi connectivity index (χ2v) is 6.74. The first kappa shape index (κ1) is 16.6. The van der Waals surface area contributed by atoms with Gasteiger partial charge in [0.15, 0.2) is 12.4 Å². The van der Waals surface area contributed by atoms with Crippen LogP contribution in [0.25, 0.3) is 0 Å². The molecule has 1 aliphatic carbocycles. The summed E-state index contributed by atoms with van der Waals surface area (Å²) in [6.07, 6.45) is 1.15. The van der Waals surface area contributed by atoms with Crippen LogP contribution in [-0.4, -0.2) is 22.3 Å². The second-order valence-electron chi connectivity index (χ2n) is 6.74. The van der Waals surface area contributed by atoms with Crippen LogP contribution in [0.1, 0.15) is 36.3 Å². The molecule has 1 aliphatic rings. The van der Waals surface area contributed by atoms with Gasteiger partial charge in [-0.3, -0.25) is 9.48 Å². The number of carbonyl (C=O) groups excluding carboxylic acids is 1. The van der Waals surface area contributed by atoms with Crippen LogP contribution >= 0.6 is 0 Å². The maximum atomic E-state index is 12.4. The van der Waals surface area contributed by atoms with Crippen molar-refractivity contribution < 1.29 is 9.53 Å². The molecule has 1 aromatic carbocycles. The van der Waals surface area contributed by atoms with Gasteiger partial charge in [-0.2, -0.15) is 5.10 Å². The number of nitrogens with zero attached hydrogens (tertiary/aromatic N) is 2. The van der Waals surface area contributed by atoms with Gasteiger partial charge < -0.3 is 10.1 Å². The first-order valence-corrected chi connectivity index (χ1v) is 8.44. The van der Waals surface area contributed by atoms with Gasteiger partial charge >= 0.3 is 0 Å². The molecule has 0 saturated heterocycles. The third-order valence-electron chi connectivity index (χ3n) is 4.87. The number of carbonyl (C=O) groups is 1. The highest BCUT2D eigenvalue weighted by Crippen LogP contribution is 2.46. The topological polar surface area (TPSA) is 56.2 Å². The molecule has 5 nitrogen and oxygen atoms in total. The fourth-order valence-electron chi connectivity index (χ4n) is 3.23. The summed E-state index contributed by atoms with van der Waals surface area (Å²) < 4.78 is 7.48. The van der Waals surface area contributed by atoms with E-state index in [1.807, 2.05) is 39.1 Å². The number of aromatic nitrogens is 2. The van der Waals surface area contributed by atoms with Crippen LogP contribution in [0.15, 0.2) is 30.3 Å². The summed E-state index contributed by atoms with van der Waals surface area (Å²) in [6.45, 7) is 6.06. The Morgan fingerprint density at radius 2 is 2.04 bits per heavy atom. The van der Waals surface area contributed by atoms with E-state index in [9.17, 15) is 4.79 Å². The number of hydrogen-bond acceptors (Lipinski definition) is 3. The lowest BCUT2D eigenvalue weighted by atomic mass is 10.0. The fraction of sp³-hybridized carbons (Fsp3) is 0.474. The minimum Gasteiger partial charge on any atom is -0.480 e. The van der Waals surface area contributed by atoms with E-state index in [1.54, 1.807) is 4.68 Å². The Bertz CT molecular complexity index is 724. The molecule has 24 heavy (non-hydrogen) atoms. The summed E-state index contributed by atoms with van der Waals surface area (Å²) in [6, 6.07) is 10.2. The van der Waals surface area contributed by atoms with Crippen molar-refractivity contribution in [2.75, 3.05) is 6.61 Å². The standard InChI is InChI=1S/C19H25N3O2/c1-12-10-16(12)18(15-8-6-5-7-9-15)20-17(23)11-24-19-13(2)21-22(4)14(19)3/h5-9,12,16,18H,10-11H2,1-4H3,(H,20,23)/t12-,16+,18-/m1/s1. The van der Waals surface area contributed by atoms with Crippen molar-refractivity contribution in [3.8, 4) is 5.75 Å². The van der Waals surface area contributed by atoms with Gasteiger partial charge in [0, 0.05) is 7.05 Å². The first-order chi connectivity index (χ1) is 11.5. The van der Waals surface area contributed by atoms with Crippen LogP contribution < -0.4 is 10.1 Å². The molecule has 0 unspecified atom stereocenters. The molecule has 128 valence electrons. The predicted molar refractivity (Wildman–Crippen MR) is 92.8 cm³/mol. The Morgan fingerprint density at radius 1 is 1.38 bits per heavy atom. The minimum absolute atomic E-state index is 0.0117. The Hall–Kier alpha value is -2.30. The van der Waals surface area contributed by atoms with Crippen molar-refractivity contribution in [3.05, 3.63) is 47.3 Å². The van der Waals surface area contributed by atoms with E-state index in [2.05, 4.69) is 29.5 Å². The van der Waals surface area contributed by atoms with Crippen LogP contribution in [0.4, 0.5) is 0 Å². The van der Waals surface area contributed by atoms with E-state index in [0.717, 1.165) is 23.4 Å². The molecule has 1 fully saturated rings. The zero-order valence-electron chi connectivity index (χ0n) is 14.7. The number of ether oxygens (including phenoxy) is 1. The van der Waals surface area contributed by atoms with Crippen molar-refractivity contribution in [2.24, 2.45) is 18.9 Å². The van der Waals surface area contributed by atoms with E-state index in [4.69, 9.17) is 4.74 Å². The van der Waals surface area contributed by atoms with Crippen molar-refractivity contribution in [1.82, 2.24) is 15.1 Å². The number of hydrogen-bond donors (Lipinski definition) is 1. The summed E-state index contributed by atoms with van der Waals surface area (Å²) in [5, 5.41) is 7.46. The van der Waals surface area contributed by atoms with Gasteiger partial charge in [-0.25, -0.2) is 0 Å². The molecule has 0 spiro atoms. The normalized spacial score (nSPS) is 20.5. The summed E-state index contributed by atoms with van der Waals surface area (Å²) in [4.78, 5) is 12.4. The van der Waals surface area contributed by atoms with Gasteiger partial charge in [0.1, 0.15) is 5.69 Å². The summed E-state index contributed by atoms with van der Waals surface area (Å²) in [5.41, 5.74) is 2.89. The van der Waals surface area contributed by atoms with Gasteiger partial charge in [0.05, 0.1) is 11.7 Å². The maximum Gasteiger partial charge on any atom is 0.258 e. The summed E-state index contributed by atoms with van der Waals surface area (Å²) >= 11 is 0. The molecule has 1 N–H and O–H groups in total. The average molecular weight is 327 g/mol. The number of rotatable bonds is 6. The number of benzene rings is 1. The molecule has 5 heteroatoms. The number of aryl methyl sites for hydroxylation is 2. The zero-order valence-corrected chi connectivity index (χ0v) is 14.7. The van der Waals surface area contributed by atoms with E-state index in [1.165, 1.54) is 0 Å². The van der Waals surface area contributed by atoms with E-state index in [-0.39, 0.29) is 18.6 Å². The van der Waals surface area contributed by atoms with Crippen molar-refractivity contribution in [2.45, 2.75) is 33.2 Å². The summed E-state index contributed by atoms with van der Waals surface area (Å²) in [5.74, 6) is 1.77. The third kappa shape index (κ3) is 3.45. The molecule has 3 rings (SSSR count). The monoisotopic (exact) mass is 327 g/mol. The van der Waals surface area contributed by atoms with Gasteiger partial charge in [0.2, 0.25) is 0 Å². The lowest BCUT2D eigenvalue weighted by Gasteiger charge is -2.19. The highest BCUT2D eigenvalue weighted by Gasteiger charge is 2.40. The van der Waals surface area contributed by atoms with Crippen molar-refractivity contribution in [3.63, 3.8) is 0 Å². The number of amides is 1. The van der Waals surface area contributed by atoms with Crippen molar-refractivity contribution >= 4 is 5.91 Å². The zero-order chi connectivity index (χ0) is 17.3. The smallest absolute Gasteiger partial charge is 0.258 e. The molecular weight excluding hydrogens is 302 g/mol. The highest BCUT2D eigenvalue weighted by molar-refractivity contribution is 5.78. The van der Waals surface area contributed by atoms with Gasteiger partial charge in [-0.15, -0.1) is 0 Å². The van der Waals surface area contributed by atoms with Gasteiger partial charge in [-0.1, -0.05) is 37.3 Å². The minimum atomic E-state index is -0.0920. The third-order valence-corrected chi connectivity index (χ3v) is 4.87. The van der Waals surface area contributed by atoms with Crippen molar-refractivity contribution in [1.29, 1.82) is 0 Å². The molecular formula is C19H25N3O2. The SMILES string of the molecule is Cc1nn(C)c(C)c1OCC(=O)N[C@H](c1ccccc1)[C@H]1C[C@H]1C. The molecule has 1 saturated carbocycles. The Labute approximate surface area is 143 Å². The van der Waals surface area contributed by atoms with E-state index in [0.29, 0.717) is 17.6 Å². The maximum absolute atomic E-state index is 12.4. The Morgan fingerprint density at radius 3 is 2.58 bits per heavy atom. The first-order valence-electron chi connectivity index (χ1n) is 8.44. The lowest BCUT2D eigenvalue weighted by molar-refractivity contribution is -0.124. The van der Waals surface area contributed by atoms with E-state index >= 15 is 0 Å². The highest BCUT2D eigenvalue weighted by atomic mass is 16.5. The predicted octanol–water partition coefficient (Wildman–Crippen LogP) is 2.93. The van der Waals surface area contributed by atoms with Crippen LogP contribution in [0, 0.1) is 25.7 Å². The summed E-state index contributed by atoms with van der Waals surface area (Å²) in [7, 11) is 1.87. The fourth-order valence-corrected chi connectivity index (χ4v) is 3.23. The molecule has 1 amide bonds. The molecule has 0 radical (unpaired) electrons. The van der Waals surface area contributed by atoms with E-state index < -0.39 is 0 Å². The molecule has 1 aromatic heterocycles. The average Bonchev–Trinajstić information content (AvgIpc) is 3.23. The van der Waals surface area contributed by atoms with Crippen LogP contribution in [0.5, 0.6) is 5.75 Å². The largest absolute Gasteiger partial charge is 0.480 e. The van der Waals surface area contributed by atoms with Crippen LogP contribution in [0.2, 0.25) is 0 Å². The molecule has 0 bridgehead atoms. The molecule has 0 aliphatic heterocycles. The van der Waals surface area contributed by atoms with Crippen LogP contribution in [-0.2, 0) is 11.8 Å².